The number of rotatable bonds is 30. The minimum absolute atomic E-state index is 0.0384. The van der Waals surface area contributed by atoms with Crippen LogP contribution in [0.25, 0.3) is 0 Å². The normalized spacial score (nSPS) is 19.1. The Kier molecular flexibility index (Phi) is 25.1. The SMILES string of the molecule is CCCCCCCCCCCCC=CCCC(O)C(O)CCCCCCC(O)CCCCCC1CC(CC(C)=O)C(=O)O1. The molecule has 1 aliphatic heterocycles. The van der Waals surface area contributed by atoms with Gasteiger partial charge in [0.25, 0.3) is 0 Å². The fraction of sp³-hybridized carbons (Fsp3) is 0.892. The van der Waals surface area contributed by atoms with Crippen LogP contribution >= 0.6 is 0 Å². The van der Waals surface area contributed by atoms with Crippen molar-refractivity contribution in [3.63, 3.8) is 0 Å². The maximum absolute atomic E-state index is 11.8. The highest BCUT2D eigenvalue weighted by Crippen LogP contribution is 2.28. The number of aliphatic hydroxyl groups excluding tert-OH is 3. The topological polar surface area (TPSA) is 104 Å². The Morgan fingerprint density at radius 2 is 1.23 bits per heavy atom. The molecule has 0 aromatic rings. The monoisotopic (exact) mass is 609 g/mol. The van der Waals surface area contributed by atoms with Crippen molar-refractivity contribution in [2.75, 3.05) is 0 Å². The van der Waals surface area contributed by atoms with E-state index in [1.165, 1.54) is 71.1 Å². The number of carbonyl (C=O) groups is 2. The predicted molar refractivity (Wildman–Crippen MR) is 177 cm³/mol. The van der Waals surface area contributed by atoms with Crippen molar-refractivity contribution in [3.05, 3.63) is 12.2 Å². The molecule has 1 rings (SSSR count). The quantitative estimate of drug-likeness (QED) is 0.0427. The molecular weight excluding hydrogens is 540 g/mol. The van der Waals surface area contributed by atoms with Crippen molar-refractivity contribution in [2.24, 2.45) is 5.92 Å². The molecule has 1 aliphatic rings. The predicted octanol–water partition coefficient (Wildman–Crippen LogP) is 8.92. The van der Waals surface area contributed by atoms with Crippen LogP contribution in [0.4, 0.5) is 0 Å². The maximum Gasteiger partial charge on any atom is 0.309 e. The lowest BCUT2D eigenvalue weighted by atomic mass is 9.96. The number of hydrogen-bond donors (Lipinski definition) is 3. The fourth-order valence-corrected chi connectivity index (χ4v) is 6.21. The van der Waals surface area contributed by atoms with Gasteiger partial charge in [-0.1, -0.05) is 115 Å². The van der Waals surface area contributed by atoms with Crippen LogP contribution in [0.2, 0.25) is 0 Å². The van der Waals surface area contributed by atoms with Crippen LogP contribution in [-0.2, 0) is 14.3 Å². The minimum Gasteiger partial charge on any atom is -0.462 e. The molecule has 5 atom stereocenters. The van der Waals surface area contributed by atoms with Gasteiger partial charge in [-0.3, -0.25) is 4.79 Å². The van der Waals surface area contributed by atoms with Crippen molar-refractivity contribution in [1.29, 1.82) is 0 Å². The van der Waals surface area contributed by atoms with Crippen LogP contribution in [0, 0.1) is 5.92 Å². The molecule has 0 aromatic carbocycles. The molecule has 0 radical (unpaired) electrons. The summed E-state index contributed by atoms with van der Waals surface area (Å²) in [6.45, 7) is 3.78. The lowest BCUT2D eigenvalue weighted by molar-refractivity contribution is -0.145. The molecule has 0 amide bonds. The number of ketones is 1. The van der Waals surface area contributed by atoms with Crippen molar-refractivity contribution in [3.8, 4) is 0 Å². The van der Waals surface area contributed by atoms with Crippen molar-refractivity contribution in [1.82, 2.24) is 0 Å². The molecule has 6 nitrogen and oxygen atoms in total. The van der Waals surface area contributed by atoms with E-state index < -0.39 is 12.2 Å². The second-order valence-corrected chi connectivity index (χ2v) is 13.3. The van der Waals surface area contributed by atoms with Crippen LogP contribution < -0.4 is 0 Å². The number of carbonyl (C=O) groups excluding carboxylic acids is 2. The summed E-state index contributed by atoms with van der Waals surface area (Å²) in [5, 5.41) is 30.8. The Morgan fingerprint density at radius 1 is 0.721 bits per heavy atom. The number of Topliss-reactive ketones (excluding diaryl/α,β-unsaturated/α-hetero) is 1. The fourth-order valence-electron chi connectivity index (χ4n) is 6.21. The summed E-state index contributed by atoms with van der Waals surface area (Å²) >= 11 is 0. The summed E-state index contributed by atoms with van der Waals surface area (Å²) in [5.74, 6) is -0.441. The van der Waals surface area contributed by atoms with Gasteiger partial charge in [-0.2, -0.15) is 0 Å². The minimum atomic E-state index is -0.647. The number of esters is 1. The van der Waals surface area contributed by atoms with Gasteiger partial charge in [-0.05, 0) is 71.1 Å². The molecule has 1 fully saturated rings. The van der Waals surface area contributed by atoms with Crippen LogP contribution in [0.1, 0.15) is 181 Å². The lowest BCUT2D eigenvalue weighted by Crippen LogP contribution is -2.25. The van der Waals surface area contributed by atoms with E-state index in [2.05, 4.69) is 19.1 Å². The zero-order valence-corrected chi connectivity index (χ0v) is 28.0. The molecule has 1 heterocycles. The summed E-state index contributed by atoms with van der Waals surface area (Å²) in [4.78, 5) is 23.1. The Balaban J connectivity index is 1.89. The first-order valence-electron chi connectivity index (χ1n) is 18.2. The summed E-state index contributed by atoms with van der Waals surface area (Å²) in [7, 11) is 0. The number of ether oxygens (including phenoxy) is 1. The molecule has 0 saturated carbocycles. The first-order valence-corrected chi connectivity index (χ1v) is 18.2. The number of cyclic esters (lactones) is 1. The highest BCUT2D eigenvalue weighted by atomic mass is 16.5. The molecule has 5 unspecified atom stereocenters. The average Bonchev–Trinajstić information content (AvgIpc) is 3.32. The highest BCUT2D eigenvalue weighted by Gasteiger charge is 2.34. The Bertz CT molecular complexity index is 707. The third-order valence-corrected chi connectivity index (χ3v) is 9.01. The lowest BCUT2D eigenvalue weighted by Gasteiger charge is -2.17. The Morgan fingerprint density at radius 3 is 1.86 bits per heavy atom. The smallest absolute Gasteiger partial charge is 0.309 e. The molecule has 0 aromatic heterocycles. The zero-order chi connectivity index (χ0) is 31.5. The molecule has 0 spiro atoms. The highest BCUT2D eigenvalue weighted by molar-refractivity contribution is 5.83. The average molecular weight is 609 g/mol. The van der Waals surface area contributed by atoms with Gasteiger partial charge in [-0.25, -0.2) is 0 Å². The molecule has 0 bridgehead atoms. The van der Waals surface area contributed by atoms with Gasteiger partial charge in [0, 0.05) is 6.42 Å². The van der Waals surface area contributed by atoms with Gasteiger partial charge in [0.2, 0.25) is 0 Å². The zero-order valence-electron chi connectivity index (χ0n) is 28.0. The van der Waals surface area contributed by atoms with E-state index >= 15 is 0 Å². The van der Waals surface area contributed by atoms with E-state index in [0.717, 1.165) is 77.0 Å². The first-order chi connectivity index (χ1) is 20.8. The second-order valence-electron chi connectivity index (χ2n) is 13.3. The third-order valence-electron chi connectivity index (χ3n) is 9.01. The van der Waals surface area contributed by atoms with Gasteiger partial charge >= 0.3 is 5.97 Å². The molecule has 1 saturated heterocycles. The number of hydrogen-bond acceptors (Lipinski definition) is 6. The number of allylic oxidation sites excluding steroid dienone is 2. The third kappa shape index (κ3) is 22.9. The van der Waals surface area contributed by atoms with E-state index in [4.69, 9.17) is 4.74 Å². The number of unbranched alkanes of at least 4 members (excludes halogenated alkanes) is 15. The molecule has 252 valence electrons. The second kappa shape index (κ2) is 27.1. The summed E-state index contributed by atoms with van der Waals surface area (Å²) in [6, 6.07) is 0. The molecule has 3 N–H and O–H groups in total. The van der Waals surface area contributed by atoms with Gasteiger partial charge in [0.15, 0.2) is 0 Å². The molecule has 43 heavy (non-hydrogen) atoms. The van der Waals surface area contributed by atoms with Gasteiger partial charge in [-0.15, -0.1) is 0 Å². The van der Waals surface area contributed by atoms with E-state index in [-0.39, 0.29) is 29.9 Å². The maximum atomic E-state index is 11.8. The largest absolute Gasteiger partial charge is 0.462 e. The van der Waals surface area contributed by atoms with Crippen LogP contribution in [0.15, 0.2) is 12.2 Å². The summed E-state index contributed by atoms with van der Waals surface area (Å²) in [5.41, 5.74) is 0. The molecule has 6 heteroatoms. The van der Waals surface area contributed by atoms with E-state index in [1.54, 1.807) is 0 Å². The number of aliphatic hydroxyl groups is 3. The Labute approximate surface area is 264 Å². The van der Waals surface area contributed by atoms with E-state index in [1.807, 2.05) is 0 Å². The van der Waals surface area contributed by atoms with Crippen molar-refractivity contribution < 1.29 is 29.6 Å². The molecule has 0 aliphatic carbocycles. The van der Waals surface area contributed by atoms with Crippen LogP contribution in [0.5, 0.6) is 0 Å². The van der Waals surface area contributed by atoms with Gasteiger partial charge in [0.1, 0.15) is 11.9 Å². The van der Waals surface area contributed by atoms with E-state index in [0.29, 0.717) is 25.7 Å². The standard InChI is InChI=1S/C37H68O6/c1-3-4-5-6-7-8-9-10-11-12-13-14-15-22-27-35(40)36(41)28-23-17-16-19-24-33(39)25-20-18-21-26-34-30-32(29-31(2)38)37(42)43-34/h14-15,32-36,39-41H,3-13,16-30H2,1-2H3. The molecular formula is C37H68O6. The van der Waals surface area contributed by atoms with Crippen molar-refractivity contribution in [2.45, 2.75) is 205 Å². The van der Waals surface area contributed by atoms with Gasteiger partial charge in [0.05, 0.1) is 24.2 Å². The summed E-state index contributed by atoms with van der Waals surface area (Å²) < 4.78 is 5.40. The van der Waals surface area contributed by atoms with E-state index in [9.17, 15) is 24.9 Å². The van der Waals surface area contributed by atoms with Gasteiger partial charge < -0.3 is 24.9 Å². The first kappa shape index (κ1) is 39.8. The van der Waals surface area contributed by atoms with Crippen LogP contribution in [0.3, 0.4) is 0 Å². The Hall–Kier alpha value is -1.24. The van der Waals surface area contributed by atoms with Crippen LogP contribution in [-0.4, -0.2) is 51.5 Å². The summed E-state index contributed by atoms with van der Waals surface area (Å²) in [6.07, 6.45) is 29.9. The van der Waals surface area contributed by atoms with Crippen molar-refractivity contribution >= 4 is 11.8 Å².